The van der Waals surface area contributed by atoms with Crippen molar-refractivity contribution in [3.63, 3.8) is 0 Å². The first-order valence-corrected chi connectivity index (χ1v) is 7.40. The zero-order chi connectivity index (χ0) is 12.4. The molecule has 102 valence electrons. The minimum Gasteiger partial charge on any atom is -0.376 e. The van der Waals surface area contributed by atoms with Crippen LogP contribution in [0.1, 0.15) is 38.5 Å². The van der Waals surface area contributed by atoms with Crippen LogP contribution in [0, 0.1) is 11.3 Å². The number of rotatable bonds is 3. The maximum atomic E-state index is 12.1. The Balaban J connectivity index is 1.42. The van der Waals surface area contributed by atoms with Gasteiger partial charge in [0.1, 0.15) is 0 Å². The summed E-state index contributed by atoms with van der Waals surface area (Å²) < 4.78 is 5.64. The van der Waals surface area contributed by atoms with Gasteiger partial charge in [-0.15, -0.1) is 0 Å². The number of hydrogen-bond acceptors (Lipinski definition) is 3. The second-order valence-electron chi connectivity index (χ2n) is 6.10. The average molecular weight is 252 g/mol. The molecule has 1 spiro atoms. The van der Waals surface area contributed by atoms with E-state index in [1.807, 2.05) is 0 Å². The van der Waals surface area contributed by atoms with E-state index < -0.39 is 0 Å². The van der Waals surface area contributed by atoms with Crippen LogP contribution in [0.3, 0.4) is 0 Å². The molecule has 2 N–H and O–H groups in total. The maximum absolute atomic E-state index is 12.1. The molecule has 2 heterocycles. The third-order valence-electron chi connectivity index (χ3n) is 4.88. The summed E-state index contributed by atoms with van der Waals surface area (Å²) in [6.45, 7) is 3.73. The summed E-state index contributed by atoms with van der Waals surface area (Å²) in [7, 11) is 0. The van der Waals surface area contributed by atoms with Gasteiger partial charge in [-0.3, -0.25) is 4.79 Å². The molecule has 1 saturated carbocycles. The Hall–Kier alpha value is -0.610. The highest BCUT2D eigenvalue weighted by molar-refractivity contribution is 5.82. The summed E-state index contributed by atoms with van der Waals surface area (Å²) in [6.07, 6.45) is 7.20. The molecule has 18 heavy (non-hydrogen) atoms. The lowest BCUT2D eigenvalue weighted by Gasteiger charge is -2.24. The van der Waals surface area contributed by atoms with Crippen LogP contribution in [0.5, 0.6) is 0 Å². The third-order valence-corrected chi connectivity index (χ3v) is 4.88. The zero-order valence-corrected chi connectivity index (χ0v) is 11.0. The van der Waals surface area contributed by atoms with Crippen LogP contribution in [-0.2, 0) is 9.53 Å². The summed E-state index contributed by atoms with van der Waals surface area (Å²) in [5.74, 6) is 0.550. The van der Waals surface area contributed by atoms with Crippen molar-refractivity contribution in [2.24, 2.45) is 11.3 Å². The van der Waals surface area contributed by atoms with E-state index in [1.54, 1.807) is 0 Å². The predicted molar refractivity (Wildman–Crippen MR) is 69.2 cm³/mol. The van der Waals surface area contributed by atoms with Gasteiger partial charge in [0, 0.05) is 19.1 Å². The first-order chi connectivity index (χ1) is 8.80. The maximum Gasteiger partial charge on any atom is 0.223 e. The van der Waals surface area contributed by atoms with Crippen molar-refractivity contribution >= 4 is 5.91 Å². The molecular weight excluding hydrogens is 228 g/mol. The molecule has 2 unspecified atom stereocenters. The van der Waals surface area contributed by atoms with Crippen LogP contribution < -0.4 is 10.6 Å². The highest BCUT2D eigenvalue weighted by Crippen LogP contribution is 2.58. The van der Waals surface area contributed by atoms with Gasteiger partial charge in [-0.25, -0.2) is 0 Å². The molecular formula is C14H24N2O2. The van der Waals surface area contributed by atoms with E-state index in [9.17, 15) is 4.79 Å². The number of carbonyl (C=O) groups excluding carboxylic acids is 1. The minimum atomic E-state index is 0.255. The molecule has 1 amide bonds. The van der Waals surface area contributed by atoms with E-state index >= 15 is 0 Å². The molecule has 0 bridgehead atoms. The Morgan fingerprint density at radius 1 is 1.33 bits per heavy atom. The molecule has 4 heteroatoms. The first-order valence-electron chi connectivity index (χ1n) is 7.40. The Morgan fingerprint density at radius 3 is 2.89 bits per heavy atom. The molecule has 0 radical (unpaired) electrons. The van der Waals surface area contributed by atoms with Gasteiger partial charge in [-0.2, -0.15) is 0 Å². The number of ether oxygens (including phenoxy) is 1. The van der Waals surface area contributed by atoms with Crippen LogP contribution in [0.2, 0.25) is 0 Å². The molecule has 3 rings (SSSR count). The van der Waals surface area contributed by atoms with Gasteiger partial charge in [0.05, 0.1) is 6.10 Å². The molecule has 0 aromatic rings. The van der Waals surface area contributed by atoms with Gasteiger partial charge in [-0.05, 0) is 57.0 Å². The Labute approximate surface area is 109 Å². The highest BCUT2D eigenvalue weighted by Gasteiger charge is 2.57. The van der Waals surface area contributed by atoms with Crippen molar-refractivity contribution in [1.29, 1.82) is 0 Å². The molecule has 2 saturated heterocycles. The topological polar surface area (TPSA) is 50.4 Å². The lowest BCUT2D eigenvalue weighted by molar-refractivity contribution is -0.124. The third kappa shape index (κ3) is 2.54. The van der Waals surface area contributed by atoms with E-state index in [1.165, 1.54) is 25.7 Å². The molecule has 1 aliphatic carbocycles. The van der Waals surface area contributed by atoms with Crippen molar-refractivity contribution in [2.45, 2.75) is 44.6 Å². The molecule has 2 atom stereocenters. The fraction of sp³-hybridized carbons (Fsp3) is 0.929. The summed E-state index contributed by atoms with van der Waals surface area (Å²) in [4.78, 5) is 12.1. The number of carbonyl (C=O) groups is 1. The van der Waals surface area contributed by atoms with E-state index in [4.69, 9.17) is 4.74 Å². The van der Waals surface area contributed by atoms with E-state index in [0.29, 0.717) is 12.0 Å². The molecule has 0 aromatic heterocycles. The van der Waals surface area contributed by atoms with Gasteiger partial charge >= 0.3 is 0 Å². The number of piperidine rings is 1. The van der Waals surface area contributed by atoms with Crippen molar-refractivity contribution in [3.05, 3.63) is 0 Å². The SMILES string of the molecule is O=C(NCC1CCCCO1)C1CC12CCNCC2. The van der Waals surface area contributed by atoms with Crippen molar-refractivity contribution < 1.29 is 9.53 Å². The normalized spacial score (nSPS) is 34.2. The second kappa shape index (κ2) is 5.17. The van der Waals surface area contributed by atoms with E-state index in [-0.39, 0.29) is 17.9 Å². The van der Waals surface area contributed by atoms with Gasteiger partial charge in [0.15, 0.2) is 0 Å². The lowest BCUT2D eigenvalue weighted by Crippen LogP contribution is -2.38. The Bertz CT molecular complexity index is 307. The van der Waals surface area contributed by atoms with Crippen LogP contribution in [0.15, 0.2) is 0 Å². The molecule has 2 aliphatic heterocycles. The average Bonchev–Trinajstić information content (AvgIpc) is 3.12. The molecule has 3 aliphatic rings. The van der Waals surface area contributed by atoms with Crippen LogP contribution in [0.25, 0.3) is 0 Å². The Kier molecular flexibility index (Phi) is 3.57. The van der Waals surface area contributed by atoms with Crippen molar-refractivity contribution in [1.82, 2.24) is 10.6 Å². The quantitative estimate of drug-likeness (QED) is 0.789. The summed E-state index contributed by atoms with van der Waals surface area (Å²) in [6, 6.07) is 0. The zero-order valence-electron chi connectivity index (χ0n) is 11.0. The van der Waals surface area contributed by atoms with Gasteiger partial charge in [0.2, 0.25) is 5.91 Å². The number of hydrogen-bond donors (Lipinski definition) is 2. The van der Waals surface area contributed by atoms with Gasteiger partial charge in [0.25, 0.3) is 0 Å². The summed E-state index contributed by atoms with van der Waals surface area (Å²) in [5, 5.41) is 6.47. The van der Waals surface area contributed by atoms with E-state index in [0.717, 1.165) is 32.5 Å². The first kappa shape index (κ1) is 12.4. The summed E-state index contributed by atoms with van der Waals surface area (Å²) >= 11 is 0. The molecule has 4 nitrogen and oxygen atoms in total. The van der Waals surface area contributed by atoms with Gasteiger partial charge in [-0.1, -0.05) is 0 Å². The largest absolute Gasteiger partial charge is 0.376 e. The van der Waals surface area contributed by atoms with Crippen molar-refractivity contribution in [2.75, 3.05) is 26.2 Å². The summed E-state index contributed by atoms with van der Waals surface area (Å²) in [5.41, 5.74) is 0.350. The van der Waals surface area contributed by atoms with E-state index in [2.05, 4.69) is 10.6 Å². The lowest BCUT2D eigenvalue weighted by atomic mass is 9.92. The highest BCUT2D eigenvalue weighted by atomic mass is 16.5. The standard InChI is InChI=1S/C14H24N2O2/c17-13(16-10-11-3-1-2-8-18-11)12-9-14(12)4-6-15-7-5-14/h11-12,15H,1-10H2,(H,16,17). The second-order valence-corrected chi connectivity index (χ2v) is 6.10. The fourth-order valence-corrected chi connectivity index (χ4v) is 3.50. The van der Waals surface area contributed by atoms with Crippen molar-refractivity contribution in [3.8, 4) is 0 Å². The van der Waals surface area contributed by atoms with Crippen LogP contribution >= 0.6 is 0 Å². The number of amides is 1. The smallest absolute Gasteiger partial charge is 0.223 e. The molecule has 3 fully saturated rings. The predicted octanol–water partition coefficient (Wildman–Crippen LogP) is 1.06. The van der Waals surface area contributed by atoms with Crippen LogP contribution in [0.4, 0.5) is 0 Å². The fourth-order valence-electron chi connectivity index (χ4n) is 3.50. The molecule has 0 aromatic carbocycles. The minimum absolute atomic E-state index is 0.255. The number of nitrogens with one attached hydrogen (secondary N) is 2. The van der Waals surface area contributed by atoms with Crippen LogP contribution in [-0.4, -0.2) is 38.3 Å². The monoisotopic (exact) mass is 252 g/mol. The Morgan fingerprint density at radius 2 is 2.17 bits per heavy atom. The van der Waals surface area contributed by atoms with Gasteiger partial charge < -0.3 is 15.4 Å².